The summed E-state index contributed by atoms with van der Waals surface area (Å²) >= 11 is 2.00. The first kappa shape index (κ1) is 23.9. The zero-order valence-electron chi connectivity index (χ0n) is 17.7. The van der Waals surface area contributed by atoms with Crippen LogP contribution in [0.3, 0.4) is 0 Å². The summed E-state index contributed by atoms with van der Waals surface area (Å²) in [6.07, 6.45) is 8.68. The van der Waals surface area contributed by atoms with Gasteiger partial charge in [0.05, 0.1) is 18.0 Å². The molecule has 6 nitrogen and oxygen atoms in total. The maximum absolute atomic E-state index is 12.3. The van der Waals surface area contributed by atoms with E-state index in [4.69, 9.17) is 4.74 Å². The minimum Gasteiger partial charge on any atom is -0.491 e. The van der Waals surface area contributed by atoms with Crippen molar-refractivity contribution < 1.29 is 17.9 Å². The number of nitrogens with zero attached hydrogens (tertiary/aromatic N) is 1. The van der Waals surface area contributed by atoms with Crippen LogP contribution in [0.5, 0.6) is 5.75 Å². The number of carbonyl (C=O) groups is 1. The van der Waals surface area contributed by atoms with E-state index < -0.39 is 10.0 Å². The quantitative estimate of drug-likeness (QED) is 0.528. The van der Waals surface area contributed by atoms with E-state index in [-0.39, 0.29) is 18.6 Å². The maximum Gasteiger partial charge on any atom is 0.240 e. The molecule has 1 fully saturated rings. The Labute approximate surface area is 179 Å². The molecule has 0 radical (unpaired) electrons. The molecule has 0 heterocycles. The summed E-state index contributed by atoms with van der Waals surface area (Å²) in [6, 6.07) is 6.75. The Balaban J connectivity index is 1.80. The number of anilines is 1. The van der Waals surface area contributed by atoms with E-state index in [0.29, 0.717) is 18.0 Å². The largest absolute Gasteiger partial charge is 0.491 e. The lowest BCUT2D eigenvalue weighted by Gasteiger charge is -2.22. The average Bonchev–Trinajstić information content (AvgIpc) is 2.66. The van der Waals surface area contributed by atoms with Gasteiger partial charge in [-0.05, 0) is 63.1 Å². The van der Waals surface area contributed by atoms with Crippen LogP contribution in [-0.4, -0.2) is 50.8 Å². The third kappa shape index (κ3) is 8.86. The molecule has 0 unspecified atom stereocenters. The zero-order valence-corrected chi connectivity index (χ0v) is 19.4. The van der Waals surface area contributed by atoms with Crippen molar-refractivity contribution in [2.24, 2.45) is 0 Å². The molecule has 29 heavy (non-hydrogen) atoms. The van der Waals surface area contributed by atoms with Crippen LogP contribution in [0.4, 0.5) is 5.69 Å². The van der Waals surface area contributed by atoms with Crippen LogP contribution in [0.15, 0.2) is 24.3 Å². The van der Waals surface area contributed by atoms with Gasteiger partial charge in [0.1, 0.15) is 12.3 Å². The highest BCUT2D eigenvalue weighted by Crippen LogP contribution is 2.28. The molecule has 0 aromatic heterocycles. The molecular weight excluding hydrogens is 408 g/mol. The fraction of sp³-hybridized carbons (Fsp3) is 0.667. The zero-order chi connectivity index (χ0) is 21.3. The Morgan fingerprint density at radius 2 is 1.86 bits per heavy atom. The number of carbonyl (C=O) groups excluding carboxylic acids is 1. The highest BCUT2D eigenvalue weighted by molar-refractivity contribution is 7.99. The number of rotatable bonds is 11. The predicted molar refractivity (Wildman–Crippen MR) is 121 cm³/mol. The fourth-order valence-corrected chi connectivity index (χ4v) is 5.50. The smallest absolute Gasteiger partial charge is 0.240 e. The van der Waals surface area contributed by atoms with Crippen LogP contribution < -0.4 is 14.4 Å². The summed E-state index contributed by atoms with van der Waals surface area (Å²) in [4.78, 5) is 12.3. The van der Waals surface area contributed by atoms with Crippen molar-refractivity contribution in [3.05, 3.63) is 24.3 Å². The van der Waals surface area contributed by atoms with Gasteiger partial charge >= 0.3 is 0 Å². The van der Waals surface area contributed by atoms with Crippen molar-refractivity contribution in [2.45, 2.75) is 63.7 Å². The van der Waals surface area contributed by atoms with E-state index in [0.717, 1.165) is 28.0 Å². The van der Waals surface area contributed by atoms with Crippen LogP contribution in [0.1, 0.15) is 52.4 Å². The van der Waals surface area contributed by atoms with E-state index >= 15 is 0 Å². The van der Waals surface area contributed by atoms with Crippen LogP contribution >= 0.6 is 11.8 Å². The molecule has 0 bridgehead atoms. The molecule has 0 saturated heterocycles. The van der Waals surface area contributed by atoms with Gasteiger partial charge in [0.2, 0.25) is 15.9 Å². The summed E-state index contributed by atoms with van der Waals surface area (Å²) in [5, 5.41) is 3.61. The SMILES string of the molecule is CC(C)Oc1ccc(N(CC(=O)NCCCSC2CCCCC2)S(C)(=O)=O)cc1. The molecule has 8 heteroatoms. The Morgan fingerprint density at radius 3 is 2.45 bits per heavy atom. The topological polar surface area (TPSA) is 75.7 Å². The highest BCUT2D eigenvalue weighted by atomic mass is 32.2. The van der Waals surface area contributed by atoms with E-state index in [9.17, 15) is 13.2 Å². The van der Waals surface area contributed by atoms with E-state index in [1.54, 1.807) is 24.3 Å². The highest BCUT2D eigenvalue weighted by Gasteiger charge is 2.21. The van der Waals surface area contributed by atoms with Gasteiger partial charge in [-0.3, -0.25) is 9.10 Å². The Hall–Kier alpha value is -1.41. The van der Waals surface area contributed by atoms with E-state index in [1.807, 2.05) is 25.6 Å². The molecule has 1 aromatic rings. The van der Waals surface area contributed by atoms with Crippen LogP contribution in [0.25, 0.3) is 0 Å². The lowest BCUT2D eigenvalue weighted by molar-refractivity contribution is -0.119. The first-order chi connectivity index (χ1) is 13.8. The van der Waals surface area contributed by atoms with Gasteiger partial charge in [0, 0.05) is 11.8 Å². The molecule has 0 atom stereocenters. The molecule has 1 aromatic carbocycles. The first-order valence-electron chi connectivity index (χ1n) is 10.4. The first-order valence-corrected chi connectivity index (χ1v) is 13.3. The van der Waals surface area contributed by atoms with Crippen molar-refractivity contribution in [3.63, 3.8) is 0 Å². The number of nitrogens with one attached hydrogen (secondary N) is 1. The number of amides is 1. The number of thioether (sulfide) groups is 1. The number of hydrogen-bond donors (Lipinski definition) is 1. The number of ether oxygens (including phenoxy) is 1. The normalized spacial score (nSPS) is 15.3. The molecule has 0 spiro atoms. The van der Waals surface area contributed by atoms with E-state index in [2.05, 4.69) is 5.32 Å². The van der Waals surface area contributed by atoms with Gasteiger partial charge in [-0.15, -0.1) is 0 Å². The third-order valence-corrected chi connectivity index (χ3v) is 7.34. The molecule has 1 N–H and O–H groups in total. The summed E-state index contributed by atoms with van der Waals surface area (Å²) in [5.41, 5.74) is 0.451. The van der Waals surface area contributed by atoms with E-state index in [1.165, 1.54) is 32.1 Å². The minimum atomic E-state index is -3.57. The van der Waals surface area contributed by atoms with Crippen molar-refractivity contribution in [2.75, 3.05) is 29.4 Å². The second-order valence-electron chi connectivity index (χ2n) is 7.76. The van der Waals surface area contributed by atoms with Gasteiger partial charge in [-0.1, -0.05) is 19.3 Å². The van der Waals surface area contributed by atoms with Gasteiger partial charge in [-0.25, -0.2) is 8.42 Å². The fourth-order valence-electron chi connectivity index (χ4n) is 3.33. The van der Waals surface area contributed by atoms with Gasteiger partial charge < -0.3 is 10.1 Å². The average molecular weight is 443 g/mol. The number of hydrogen-bond acceptors (Lipinski definition) is 5. The van der Waals surface area contributed by atoms with Gasteiger partial charge in [0.25, 0.3) is 0 Å². The summed E-state index contributed by atoms with van der Waals surface area (Å²) in [6.45, 7) is 4.19. The number of benzene rings is 1. The summed E-state index contributed by atoms with van der Waals surface area (Å²) in [5.74, 6) is 1.40. The third-order valence-electron chi connectivity index (χ3n) is 4.73. The Bertz CT molecular complexity index is 730. The van der Waals surface area contributed by atoms with Crippen molar-refractivity contribution >= 4 is 33.4 Å². The Kier molecular flexibility index (Phi) is 9.62. The number of sulfonamides is 1. The maximum atomic E-state index is 12.3. The molecule has 1 saturated carbocycles. The molecule has 2 rings (SSSR count). The second kappa shape index (κ2) is 11.7. The Morgan fingerprint density at radius 1 is 1.21 bits per heavy atom. The van der Waals surface area contributed by atoms with Gasteiger partial charge in [0.15, 0.2) is 0 Å². The molecule has 1 aliphatic rings. The standard InChI is InChI=1S/C21H34N2O4S2/c1-17(2)27-19-12-10-18(11-13-19)23(29(3,25)26)16-21(24)22-14-7-15-28-20-8-5-4-6-9-20/h10-13,17,20H,4-9,14-16H2,1-3H3,(H,22,24). The molecular formula is C21H34N2O4S2. The van der Waals surface area contributed by atoms with Crippen molar-refractivity contribution in [1.82, 2.24) is 5.32 Å². The van der Waals surface area contributed by atoms with Crippen LogP contribution in [0.2, 0.25) is 0 Å². The molecule has 1 amide bonds. The lowest BCUT2D eigenvalue weighted by Crippen LogP contribution is -2.40. The van der Waals surface area contributed by atoms with Crippen molar-refractivity contribution in [1.29, 1.82) is 0 Å². The van der Waals surface area contributed by atoms with Crippen LogP contribution in [-0.2, 0) is 14.8 Å². The molecule has 164 valence electrons. The predicted octanol–water partition coefficient (Wildman–Crippen LogP) is 3.81. The van der Waals surface area contributed by atoms with Gasteiger partial charge in [-0.2, -0.15) is 11.8 Å². The molecule has 1 aliphatic carbocycles. The monoisotopic (exact) mass is 442 g/mol. The van der Waals surface area contributed by atoms with Crippen molar-refractivity contribution in [3.8, 4) is 5.75 Å². The lowest BCUT2D eigenvalue weighted by atomic mass is 10.0. The summed E-state index contributed by atoms with van der Waals surface area (Å²) in [7, 11) is -3.57. The molecule has 0 aliphatic heterocycles. The minimum absolute atomic E-state index is 0.0360. The second-order valence-corrected chi connectivity index (χ2v) is 11.1. The summed E-state index contributed by atoms with van der Waals surface area (Å²) < 4.78 is 31.1. The van der Waals surface area contributed by atoms with Crippen LogP contribution in [0, 0.1) is 0 Å².